The van der Waals surface area contributed by atoms with Crippen LogP contribution in [0.5, 0.6) is 0 Å². The molecule has 4 rings (SSSR count). The molecule has 0 bridgehead atoms. The van der Waals surface area contributed by atoms with E-state index in [4.69, 9.17) is 5.73 Å². The summed E-state index contributed by atoms with van der Waals surface area (Å²) in [7, 11) is 0. The number of nitrogens with two attached hydrogens (primary N) is 1. The van der Waals surface area contributed by atoms with Gasteiger partial charge in [0.2, 0.25) is 0 Å². The van der Waals surface area contributed by atoms with E-state index < -0.39 is 5.92 Å². The Balaban J connectivity index is 2.04. The summed E-state index contributed by atoms with van der Waals surface area (Å²) >= 11 is 1.22. The molecule has 1 aliphatic rings. The fourth-order valence-electron chi connectivity index (χ4n) is 3.56. The van der Waals surface area contributed by atoms with Crippen LogP contribution in [0.3, 0.4) is 0 Å². The lowest BCUT2D eigenvalue weighted by molar-refractivity contribution is 0.906. The molecule has 0 fully saturated rings. The van der Waals surface area contributed by atoms with Gasteiger partial charge in [-0.05, 0) is 31.1 Å². The summed E-state index contributed by atoms with van der Waals surface area (Å²) < 4.78 is 2.24. The molecule has 1 aromatic heterocycles. The first kappa shape index (κ1) is 19.4. The molecule has 146 valence electrons. The quantitative estimate of drug-likeness (QED) is 0.702. The Morgan fingerprint density at radius 3 is 2.10 bits per heavy atom. The van der Waals surface area contributed by atoms with E-state index in [-0.39, 0.29) is 17.0 Å². The minimum atomic E-state index is -0.592. The molecule has 3 aromatic rings. The highest BCUT2D eigenvalue weighted by molar-refractivity contribution is 7.07. The Hall–Kier alpha value is -3.87. The standard InChI is InChI=1S/C24H18N4OS/c1-14-3-7-16(8-4-14)11-20-23(29)28-22(27)18(12-25)21(19(13-26)24(28)30-20)17-9-5-15(2)6-10-17/h3-11,21H,27H2,1-2H3/b20-11+/t21-/m0/s1. The number of nitriles is 2. The number of rotatable bonds is 2. The Kier molecular flexibility index (Phi) is 4.87. The number of benzene rings is 2. The van der Waals surface area contributed by atoms with Crippen LogP contribution in [0.4, 0.5) is 0 Å². The second-order valence-electron chi connectivity index (χ2n) is 7.25. The van der Waals surface area contributed by atoms with E-state index in [1.54, 1.807) is 6.08 Å². The maximum atomic E-state index is 13.1. The van der Waals surface area contributed by atoms with Crippen molar-refractivity contribution in [3.63, 3.8) is 0 Å². The van der Waals surface area contributed by atoms with E-state index in [2.05, 4.69) is 12.1 Å². The van der Waals surface area contributed by atoms with Crippen molar-refractivity contribution in [1.82, 2.24) is 4.57 Å². The lowest BCUT2D eigenvalue weighted by Gasteiger charge is -2.22. The molecule has 0 unspecified atom stereocenters. The van der Waals surface area contributed by atoms with Gasteiger partial charge >= 0.3 is 0 Å². The molecule has 1 atom stereocenters. The maximum Gasteiger partial charge on any atom is 0.274 e. The molecular weight excluding hydrogens is 392 g/mol. The molecule has 0 amide bonds. The van der Waals surface area contributed by atoms with E-state index in [9.17, 15) is 15.3 Å². The van der Waals surface area contributed by atoms with Crippen LogP contribution < -0.4 is 20.5 Å². The van der Waals surface area contributed by atoms with Gasteiger partial charge in [0.05, 0.1) is 33.7 Å². The maximum absolute atomic E-state index is 13.1. The van der Waals surface area contributed by atoms with Crippen LogP contribution in [0, 0.1) is 36.5 Å². The molecule has 0 aliphatic carbocycles. The SMILES string of the molecule is Cc1ccc(/C=c2/sc3n(c2=O)C(N)=C(C#N)[C@H](c2ccc(C)cc2)C=3C#N)cc1. The van der Waals surface area contributed by atoms with Gasteiger partial charge in [-0.15, -0.1) is 11.3 Å². The molecule has 1 aliphatic heterocycles. The summed E-state index contributed by atoms with van der Waals surface area (Å²) in [6.07, 6.45) is 1.78. The number of hydrogen-bond acceptors (Lipinski definition) is 5. The zero-order valence-corrected chi connectivity index (χ0v) is 17.3. The number of nitrogens with zero attached hydrogens (tertiary/aromatic N) is 3. The molecule has 0 radical (unpaired) electrons. The first-order chi connectivity index (χ1) is 14.4. The van der Waals surface area contributed by atoms with Gasteiger partial charge in [0, 0.05) is 0 Å². The number of allylic oxidation sites excluding steroid dienone is 1. The van der Waals surface area contributed by atoms with E-state index in [0.717, 1.165) is 22.3 Å². The third-order valence-corrected chi connectivity index (χ3v) is 6.28. The average molecular weight is 411 g/mol. The minimum Gasteiger partial charge on any atom is -0.384 e. The van der Waals surface area contributed by atoms with Crippen molar-refractivity contribution in [2.75, 3.05) is 0 Å². The molecule has 2 aromatic carbocycles. The van der Waals surface area contributed by atoms with Crippen LogP contribution in [-0.4, -0.2) is 4.57 Å². The van der Waals surface area contributed by atoms with Crippen LogP contribution in [-0.2, 0) is 0 Å². The molecule has 0 saturated carbocycles. The van der Waals surface area contributed by atoms with Crippen molar-refractivity contribution < 1.29 is 0 Å². The fourth-order valence-corrected chi connectivity index (χ4v) is 4.69. The highest BCUT2D eigenvalue weighted by Crippen LogP contribution is 2.35. The average Bonchev–Trinajstić information content (AvgIpc) is 3.06. The molecule has 6 heteroatoms. The monoisotopic (exact) mass is 410 g/mol. The fraction of sp³-hybridized carbons (Fsp3) is 0.125. The number of thiazole rings is 1. The first-order valence-corrected chi connectivity index (χ1v) is 10.2. The Bertz CT molecular complexity index is 1440. The second kappa shape index (κ2) is 7.51. The minimum absolute atomic E-state index is 0.0851. The number of aryl methyl sites for hydroxylation is 2. The predicted octanol–water partition coefficient (Wildman–Crippen LogP) is 2.48. The Labute approximate surface area is 177 Å². The van der Waals surface area contributed by atoms with Gasteiger partial charge in [-0.2, -0.15) is 10.5 Å². The molecule has 2 heterocycles. The zero-order chi connectivity index (χ0) is 21.4. The van der Waals surface area contributed by atoms with E-state index >= 15 is 0 Å². The molecule has 30 heavy (non-hydrogen) atoms. The van der Waals surface area contributed by atoms with Crippen LogP contribution in [0.15, 0.2) is 58.9 Å². The Morgan fingerprint density at radius 2 is 1.53 bits per heavy atom. The van der Waals surface area contributed by atoms with Gasteiger partial charge in [0.15, 0.2) is 0 Å². The van der Waals surface area contributed by atoms with E-state index in [0.29, 0.717) is 14.8 Å². The summed E-state index contributed by atoms with van der Waals surface area (Å²) in [5.41, 5.74) is 10.4. The van der Waals surface area contributed by atoms with Gasteiger partial charge in [0.1, 0.15) is 10.5 Å². The largest absolute Gasteiger partial charge is 0.384 e. The van der Waals surface area contributed by atoms with Gasteiger partial charge < -0.3 is 5.73 Å². The normalized spacial score (nSPS) is 16.2. The third kappa shape index (κ3) is 3.14. The summed E-state index contributed by atoms with van der Waals surface area (Å²) in [6.45, 7) is 3.97. The highest BCUT2D eigenvalue weighted by atomic mass is 32.1. The van der Waals surface area contributed by atoms with Crippen molar-refractivity contribution in [2.24, 2.45) is 5.73 Å². The molecule has 0 spiro atoms. The summed E-state index contributed by atoms with van der Waals surface area (Å²) in [6, 6.07) is 19.8. The third-order valence-electron chi connectivity index (χ3n) is 5.17. The van der Waals surface area contributed by atoms with Gasteiger partial charge in [-0.25, -0.2) is 0 Å². The molecule has 2 N–H and O–H groups in total. The predicted molar refractivity (Wildman–Crippen MR) is 119 cm³/mol. The number of aromatic nitrogens is 1. The smallest absolute Gasteiger partial charge is 0.274 e. The van der Waals surface area contributed by atoms with Crippen molar-refractivity contribution in [3.8, 4) is 12.1 Å². The van der Waals surface area contributed by atoms with Gasteiger partial charge in [-0.3, -0.25) is 9.36 Å². The van der Waals surface area contributed by atoms with Gasteiger partial charge in [-0.1, -0.05) is 59.7 Å². The van der Waals surface area contributed by atoms with Crippen molar-refractivity contribution >= 4 is 28.8 Å². The van der Waals surface area contributed by atoms with Crippen LogP contribution in [0.2, 0.25) is 0 Å². The van der Waals surface area contributed by atoms with Crippen LogP contribution in [0.1, 0.15) is 28.2 Å². The van der Waals surface area contributed by atoms with Crippen molar-refractivity contribution in [3.05, 3.63) is 95.9 Å². The molecule has 5 nitrogen and oxygen atoms in total. The summed E-state index contributed by atoms with van der Waals surface area (Å²) in [4.78, 5) is 13.1. The van der Waals surface area contributed by atoms with Crippen LogP contribution >= 0.6 is 11.3 Å². The highest BCUT2D eigenvalue weighted by Gasteiger charge is 2.32. The number of hydrogen-bond donors (Lipinski definition) is 1. The lowest BCUT2D eigenvalue weighted by Crippen LogP contribution is -2.38. The van der Waals surface area contributed by atoms with E-state index in [1.807, 2.05) is 62.4 Å². The topological polar surface area (TPSA) is 95.6 Å². The van der Waals surface area contributed by atoms with E-state index in [1.165, 1.54) is 15.9 Å². The van der Waals surface area contributed by atoms with Crippen molar-refractivity contribution in [1.29, 1.82) is 10.5 Å². The molecule has 0 saturated heterocycles. The lowest BCUT2D eigenvalue weighted by atomic mass is 9.84. The van der Waals surface area contributed by atoms with Crippen molar-refractivity contribution in [2.45, 2.75) is 19.8 Å². The summed E-state index contributed by atoms with van der Waals surface area (Å²) in [5.74, 6) is -0.507. The van der Waals surface area contributed by atoms with Gasteiger partial charge in [0.25, 0.3) is 5.56 Å². The second-order valence-corrected chi connectivity index (χ2v) is 8.28. The zero-order valence-electron chi connectivity index (χ0n) is 16.5. The molecular formula is C24H18N4OS. The van der Waals surface area contributed by atoms with Crippen LogP contribution in [0.25, 0.3) is 17.5 Å². The summed E-state index contributed by atoms with van der Waals surface area (Å²) in [5, 5.41) is 19.8. The first-order valence-electron chi connectivity index (χ1n) is 9.36. The Morgan fingerprint density at radius 1 is 0.967 bits per heavy atom. The number of fused-ring (bicyclic) bond motifs is 1.